The second kappa shape index (κ2) is 4.69. The molecule has 1 aromatic heterocycles. The van der Waals surface area contributed by atoms with Crippen molar-refractivity contribution in [2.45, 2.75) is 0 Å². The molecule has 0 saturated carbocycles. The predicted molar refractivity (Wildman–Crippen MR) is 79.3 cm³/mol. The van der Waals surface area contributed by atoms with E-state index in [1.165, 1.54) is 11.1 Å². The van der Waals surface area contributed by atoms with Gasteiger partial charge in [0.25, 0.3) is 0 Å². The van der Waals surface area contributed by atoms with Gasteiger partial charge in [0.05, 0.1) is 5.52 Å². The molecule has 1 heterocycles. The van der Waals surface area contributed by atoms with Crippen molar-refractivity contribution in [3.05, 3.63) is 54.9 Å². The highest BCUT2D eigenvalue weighted by Gasteiger charge is 2.06. The molecule has 0 spiro atoms. The number of aromatic nitrogens is 2. The zero-order chi connectivity index (χ0) is 13.2. The molecular formula is C16H15N3. The molecule has 2 aromatic carbocycles. The molecule has 0 atom stereocenters. The summed E-state index contributed by atoms with van der Waals surface area (Å²) in [5.41, 5.74) is 3.35. The molecule has 3 aromatic rings. The Morgan fingerprint density at radius 1 is 0.842 bits per heavy atom. The van der Waals surface area contributed by atoms with E-state index < -0.39 is 0 Å². The minimum Gasteiger partial charge on any atom is -0.362 e. The maximum atomic E-state index is 4.37. The van der Waals surface area contributed by atoms with Crippen LogP contribution >= 0.6 is 0 Å². The molecule has 0 N–H and O–H groups in total. The van der Waals surface area contributed by atoms with Crippen molar-refractivity contribution < 1.29 is 0 Å². The second-order valence-electron chi connectivity index (χ2n) is 4.69. The maximum Gasteiger partial charge on any atom is 0.139 e. The van der Waals surface area contributed by atoms with Crippen LogP contribution in [0.15, 0.2) is 54.9 Å². The average molecular weight is 249 g/mol. The number of nitrogens with zero attached hydrogens (tertiary/aromatic N) is 3. The molecule has 0 fully saturated rings. The van der Waals surface area contributed by atoms with Crippen LogP contribution in [0.1, 0.15) is 0 Å². The highest BCUT2D eigenvalue weighted by Crippen LogP contribution is 2.26. The zero-order valence-corrected chi connectivity index (χ0v) is 11.0. The Bertz CT molecular complexity index is 706. The highest BCUT2D eigenvalue weighted by atomic mass is 15.1. The first-order chi connectivity index (χ1) is 9.25. The Labute approximate surface area is 112 Å². The third-order valence-electron chi connectivity index (χ3n) is 3.15. The number of anilines is 1. The molecule has 0 aliphatic rings. The van der Waals surface area contributed by atoms with Crippen molar-refractivity contribution >= 4 is 16.7 Å². The van der Waals surface area contributed by atoms with Crippen LogP contribution in [0.3, 0.4) is 0 Å². The Morgan fingerprint density at radius 2 is 1.63 bits per heavy atom. The van der Waals surface area contributed by atoms with E-state index in [4.69, 9.17) is 0 Å². The van der Waals surface area contributed by atoms with Gasteiger partial charge in [-0.15, -0.1) is 0 Å². The number of hydrogen-bond acceptors (Lipinski definition) is 3. The normalized spacial score (nSPS) is 10.6. The molecule has 3 rings (SSSR count). The second-order valence-corrected chi connectivity index (χ2v) is 4.69. The van der Waals surface area contributed by atoms with Crippen LogP contribution in [-0.2, 0) is 0 Å². The van der Waals surface area contributed by atoms with Gasteiger partial charge in [-0.2, -0.15) is 0 Å². The topological polar surface area (TPSA) is 29.0 Å². The number of rotatable bonds is 2. The van der Waals surface area contributed by atoms with Crippen LogP contribution < -0.4 is 4.90 Å². The highest BCUT2D eigenvalue weighted by molar-refractivity contribution is 5.92. The minimum atomic E-state index is 0.949. The van der Waals surface area contributed by atoms with Crippen LogP contribution in [0.5, 0.6) is 0 Å². The van der Waals surface area contributed by atoms with Gasteiger partial charge < -0.3 is 4.90 Å². The van der Waals surface area contributed by atoms with Gasteiger partial charge in [0.2, 0.25) is 0 Å². The van der Waals surface area contributed by atoms with Gasteiger partial charge >= 0.3 is 0 Å². The van der Waals surface area contributed by atoms with E-state index in [0.717, 1.165) is 16.7 Å². The molecule has 0 saturated heterocycles. The molecule has 3 heteroatoms. The molecule has 0 aliphatic heterocycles. The number of fused-ring (bicyclic) bond motifs is 1. The number of benzene rings is 2. The van der Waals surface area contributed by atoms with Crippen LogP contribution in [-0.4, -0.2) is 24.1 Å². The summed E-state index contributed by atoms with van der Waals surface area (Å²) in [5, 5.41) is 1.08. The lowest BCUT2D eigenvalue weighted by Gasteiger charge is -2.13. The molecule has 0 unspecified atom stereocenters. The van der Waals surface area contributed by atoms with Gasteiger partial charge in [0.1, 0.15) is 12.1 Å². The minimum absolute atomic E-state index is 0.949. The van der Waals surface area contributed by atoms with Crippen molar-refractivity contribution in [3.8, 4) is 11.1 Å². The van der Waals surface area contributed by atoms with E-state index in [0.29, 0.717) is 0 Å². The van der Waals surface area contributed by atoms with Crippen LogP contribution in [0, 0.1) is 0 Å². The fourth-order valence-electron chi connectivity index (χ4n) is 2.21. The van der Waals surface area contributed by atoms with E-state index in [2.05, 4.69) is 40.3 Å². The maximum absolute atomic E-state index is 4.37. The Hall–Kier alpha value is -2.42. The van der Waals surface area contributed by atoms with Gasteiger partial charge in [-0.25, -0.2) is 9.97 Å². The van der Waals surface area contributed by atoms with Gasteiger partial charge in [-0.3, -0.25) is 0 Å². The van der Waals surface area contributed by atoms with E-state index in [-0.39, 0.29) is 0 Å². The summed E-state index contributed by atoms with van der Waals surface area (Å²) < 4.78 is 0. The smallest absolute Gasteiger partial charge is 0.139 e. The lowest BCUT2D eigenvalue weighted by molar-refractivity contribution is 1.06. The van der Waals surface area contributed by atoms with Crippen molar-refractivity contribution in [1.29, 1.82) is 0 Å². The standard InChI is InChI=1S/C16H15N3/c1-19(2)16-14-9-8-13(10-15(14)17-11-18-16)12-6-4-3-5-7-12/h3-11H,1-2H3. The van der Waals surface area contributed by atoms with Crippen molar-refractivity contribution in [3.63, 3.8) is 0 Å². The molecule has 3 nitrogen and oxygen atoms in total. The van der Waals surface area contributed by atoms with Crippen LogP contribution in [0.2, 0.25) is 0 Å². The average Bonchev–Trinajstić information content (AvgIpc) is 2.47. The molecule has 0 amide bonds. The first-order valence-corrected chi connectivity index (χ1v) is 6.23. The third kappa shape index (κ3) is 2.15. The fourth-order valence-corrected chi connectivity index (χ4v) is 2.21. The molecule has 19 heavy (non-hydrogen) atoms. The molecular weight excluding hydrogens is 234 g/mol. The van der Waals surface area contributed by atoms with Gasteiger partial charge in [0.15, 0.2) is 0 Å². The van der Waals surface area contributed by atoms with Gasteiger partial charge in [0, 0.05) is 19.5 Å². The van der Waals surface area contributed by atoms with Gasteiger partial charge in [-0.1, -0.05) is 36.4 Å². The largest absolute Gasteiger partial charge is 0.362 e. The van der Waals surface area contributed by atoms with E-state index in [1.54, 1.807) is 6.33 Å². The zero-order valence-electron chi connectivity index (χ0n) is 11.0. The monoisotopic (exact) mass is 249 g/mol. The van der Waals surface area contributed by atoms with E-state index in [1.807, 2.05) is 37.2 Å². The molecule has 0 radical (unpaired) electrons. The lowest BCUT2D eigenvalue weighted by atomic mass is 10.0. The Morgan fingerprint density at radius 3 is 2.37 bits per heavy atom. The van der Waals surface area contributed by atoms with E-state index in [9.17, 15) is 0 Å². The van der Waals surface area contributed by atoms with Crippen LogP contribution in [0.4, 0.5) is 5.82 Å². The van der Waals surface area contributed by atoms with Crippen molar-refractivity contribution in [2.75, 3.05) is 19.0 Å². The molecule has 0 bridgehead atoms. The summed E-state index contributed by atoms with van der Waals surface area (Å²) >= 11 is 0. The molecule has 94 valence electrons. The number of hydrogen-bond donors (Lipinski definition) is 0. The summed E-state index contributed by atoms with van der Waals surface area (Å²) in [6, 6.07) is 16.6. The summed E-state index contributed by atoms with van der Waals surface area (Å²) in [6.07, 6.45) is 1.62. The summed E-state index contributed by atoms with van der Waals surface area (Å²) in [7, 11) is 3.99. The Balaban J connectivity index is 2.18. The van der Waals surface area contributed by atoms with E-state index >= 15 is 0 Å². The summed E-state index contributed by atoms with van der Waals surface area (Å²) in [5.74, 6) is 0.949. The van der Waals surface area contributed by atoms with Crippen molar-refractivity contribution in [2.24, 2.45) is 0 Å². The lowest BCUT2D eigenvalue weighted by Crippen LogP contribution is -2.11. The third-order valence-corrected chi connectivity index (χ3v) is 3.15. The summed E-state index contributed by atoms with van der Waals surface area (Å²) in [4.78, 5) is 10.7. The first kappa shape index (κ1) is 11.7. The van der Waals surface area contributed by atoms with Crippen LogP contribution in [0.25, 0.3) is 22.0 Å². The first-order valence-electron chi connectivity index (χ1n) is 6.23. The SMILES string of the molecule is CN(C)c1ncnc2cc(-c3ccccc3)ccc12. The summed E-state index contributed by atoms with van der Waals surface area (Å²) in [6.45, 7) is 0. The molecule has 0 aliphatic carbocycles. The Kier molecular flexibility index (Phi) is 2.88. The predicted octanol–water partition coefficient (Wildman–Crippen LogP) is 3.36. The fraction of sp³-hybridized carbons (Fsp3) is 0.125. The van der Waals surface area contributed by atoms with Gasteiger partial charge in [-0.05, 0) is 23.3 Å². The quantitative estimate of drug-likeness (QED) is 0.697. The van der Waals surface area contributed by atoms with Crippen molar-refractivity contribution in [1.82, 2.24) is 9.97 Å².